The van der Waals surface area contributed by atoms with Crippen molar-refractivity contribution in [2.24, 2.45) is 10.8 Å². The molecule has 2 nitrogen and oxygen atoms in total. The van der Waals surface area contributed by atoms with Crippen LogP contribution in [-0.2, 0) is 0 Å². The van der Waals surface area contributed by atoms with Gasteiger partial charge < -0.3 is 9.59 Å². The van der Waals surface area contributed by atoms with Crippen LogP contribution in [0.3, 0.4) is 0 Å². The lowest BCUT2D eigenvalue weighted by Gasteiger charge is -2.49. The Bertz CT molecular complexity index is 274. The van der Waals surface area contributed by atoms with Gasteiger partial charge in [0, 0.05) is 10.1 Å². The summed E-state index contributed by atoms with van der Waals surface area (Å²) in [7, 11) is -3.38. The standard InChI is InChI=1S/C16H36O2Si/c1-13(2,3)11-15(7,8)19(17,18)16(9,10)12-14(4,5)6/h17-18H,11-12H2,1-10H3. The molecule has 0 aliphatic carbocycles. The Balaban J connectivity index is 5.34. The van der Waals surface area contributed by atoms with Crippen LogP contribution in [0.2, 0.25) is 10.1 Å². The predicted octanol–water partition coefficient (Wildman–Crippen LogP) is 4.85. The Morgan fingerprint density at radius 1 is 0.579 bits per heavy atom. The van der Waals surface area contributed by atoms with E-state index in [-0.39, 0.29) is 10.8 Å². The summed E-state index contributed by atoms with van der Waals surface area (Å²) in [5.41, 5.74) is 0.204. The summed E-state index contributed by atoms with van der Waals surface area (Å²) in [6.45, 7) is 21.1. The molecular weight excluding hydrogens is 252 g/mol. The van der Waals surface area contributed by atoms with Crippen LogP contribution in [0.25, 0.3) is 0 Å². The first-order valence-corrected chi connectivity index (χ1v) is 9.26. The first-order chi connectivity index (χ1) is 7.91. The fourth-order valence-corrected chi connectivity index (χ4v) is 7.20. The molecule has 0 fully saturated rings. The SMILES string of the molecule is CC(C)(C)CC(C)(C)[Si](O)(O)C(C)(C)CC(C)(C)C. The molecule has 0 bridgehead atoms. The normalized spacial score (nSPS) is 15.8. The Morgan fingerprint density at radius 3 is 0.947 bits per heavy atom. The molecule has 19 heavy (non-hydrogen) atoms. The number of rotatable bonds is 4. The summed E-state index contributed by atoms with van der Waals surface area (Å²) < 4.78 is 0. The monoisotopic (exact) mass is 288 g/mol. The van der Waals surface area contributed by atoms with E-state index in [1.54, 1.807) is 0 Å². The summed E-state index contributed by atoms with van der Waals surface area (Å²) in [6, 6.07) is 0. The second-order valence-electron chi connectivity index (χ2n) is 9.91. The summed E-state index contributed by atoms with van der Waals surface area (Å²) in [5.74, 6) is 0. The molecule has 0 heterocycles. The van der Waals surface area contributed by atoms with E-state index in [1.165, 1.54) is 0 Å². The zero-order valence-electron chi connectivity index (χ0n) is 14.8. The number of hydrogen-bond donors (Lipinski definition) is 2. The van der Waals surface area contributed by atoms with Crippen molar-refractivity contribution in [1.29, 1.82) is 0 Å². The molecule has 0 aliphatic rings. The third-order valence-electron chi connectivity index (χ3n) is 3.83. The molecule has 3 heteroatoms. The lowest BCUT2D eigenvalue weighted by atomic mass is 9.85. The second kappa shape index (κ2) is 5.16. The van der Waals surface area contributed by atoms with E-state index in [1.807, 2.05) is 27.7 Å². The fourth-order valence-electron chi connectivity index (χ4n) is 3.81. The highest BCUT2D eigenvalue weighted by molar-refractivity contribution is 6.71. The molecule has 0 saturated heterocycles. The fraction of sp³-hybridized carbons (Fsp3) is 1.00. The van der Waals surface area contributed by atoms with Gasteiger partial charge in [-0.15, -0.1) is 0 Å². The molecule has 0 aromatic carbocycles. The highest BCUT2D eigenvalue weighted by Gasteiger charge is 2.58. The molecule has 0 aromatic heterocycles. The first-order valence-electron chi connectivity index (χ1n) is 7.36. The van der Waals surface area contributed by atoms with Crippen molar-refractivity contribution < 1.29 is 9.59 Å². The van der Waals surface area contributed by atoms with Crippen LogP contribution in [0, 0.1) is 10.8 Å². The lowest BCUT2D eigenvalue weighted by Crippen LogP contribution is -2.56. The molecule has 0 spiro atoms. The van der Waals surface area contributed by atoms with Crippen molar-refractivity contribution in [3.05, 3.63) is 0 Å². The quantitative estimate of drug-likeness (QED) is 0.726. The van der Waals surface area contributed by atoms with Gasteiger partial charge in [0.1, 0.15) is 0 Å². The molecule has 0 radical (unpaired) electrons. The van der Waals surface area contributed by atoms with Gasteiger partial charge in [-0.2, -0.15) is 0 Å². The largest absolute Gasteiger partial charge is 0.410 e. The highest BCUT2D eigenvalue weighted by Crippen LogP contribution is 2.56. The van der Waals surface area contributed by atoms with Crippen LogP contribution in [-0.4, -0.2) is 18.2 Å². The van der Waals surface area contributed by atoms with E-state index in [2.05, 4.69) is 41.5 Å². The van der Waals surface area contributed by atoms with Gasteiger partial charge in [0.2, 0.25) is 0 Å². The summed E-state index contributed by atoms with van der Waals surface area (Å²) >= 11 is 0. The van der Waals surface area contributed by atoms with Gasteiger partial charge in [-0.05, 0) is 23.7 Å². The molecule has 0 amide bonds. The van der Waals surface area contributed by atoms with Gasteiger partial charge in [-0.25, -0.2) is 0 Å². The van der Waals surface area contributed by atoms with Crippen molar-refractivity contribution in [2.75, 3.05) is 0 Å². The van der Waals surface area contributed by atoms with Gasteiger partial charge in [0.05, 0.1) is 0 Å². The van der Waals surface area contributed by atoms with Crippen molar-refractivity contribution in [1.82, 2.24) is 0 Å². The van der Waals surface area contributed by atoms with E-state index < -0.39 is 18.6 Å². The Morgan fingerprint density at radius 2 is 0.789 bits per heavy atom. The molecule has 116 valence electrons. The first kappa shape index (κ1) is 19.1. The van der Waals surface area contributed by atoms with E-state index in [9.17, 15) is 9.59 Å². The molecule has 0 aliphatic heterocycles. The molecule has 0 atom stereocenters. The average Bonchev–Trinajstić information content (AvgIpc) is 1.92. The van der Waals surface area contributed by atoms with Crippen LogP contribution >= 0.6 is 0 Å². The van der Waals surface area contributed by atoms with Crippen LogP contribution < -0.4 is 0 Å². The maximum absolute atomic E-state index is 11.0. The van der Waals surface area contributed by atoms with Gasteiger partial charge in [-0.3, -0.25) is 0 Å². The molecule has 0 unspecified atom stereocenters. The summed E-state index contributed by atoms with van der Waals surface area (Å²) in [6.07, 6.45) is 1.65. The Labute approximate surface area is 121 Å². The minimum atomic E-state index is -3.38. The lowest BCUT2D eigenvalue weighted by molar-refractivity contribution is 0.193. The van der Waals surface area contributed by atoms with Crippen LogP contribution in [0.15, 0.2) is 0 Å². The predicted molar refractivity (Wildman–Crippen MR) is 86.4 cm³/mol. The van der Waals surface area contributed by atoms with Gasteiger partial charge in [0.15, 0.2) is 0 Å². The topological polar surface area (TPSA) is 40.5 Å². The van der Waals surface area contributed by atoms with E-state index >= 15 is 0 Å². The third-order valence-corrected chi connectivity index (χ3v) is 7.96. The highest BCUT2D eigenvalue weighted by atomic mass is 28.4. The maximum Gasteiger partial charge on any atom is 0.344 e. The summed E-state index contributed by atoms with van der Waals surface area (Å²) in [4.78, 5) is 22.0. The van der Waals surface area contributed by atoms with Gasteiger partial charge in [-0.1, -0.05) is 69.2 Å². The molecule has 0 rings (SSSR count). The van der Waals surface area contributed by atoms with Gasteiger partial charge >= 0.3 is 8.56 Å². The smallest absolute Gasteiger partial charge is 0.344 e. The van der Waals surface area contributed by atoms with E-state index in [4.69, 9.17) is 0 Å². The maximum atomic E-state index is 11.0. The van der Waals surface area contributed by atoms with Crippen molar-refractivity contribution >= 4 is 8.56 Å². The molecule has 0 aromatic rings. The number of hydrogen-bond acceptors (Lipinski definition) is 2. The average molecular weight is 289 g/mol. The van der Waals surface area contributed by atoms with Crippen LogP contribution in [0.4, 0.5) is 0 Å². The van der Waals surface area contributed by atoms with Crippen LogP contribution in [0.5, 0.6) is 0 Å². The van der Waals surface area contributed by atoms with E-state index in [0.717, 1.165) is 12.8 Å². The minimum Gasteiger partial charge on any atom is -0.410 e. The Hall–Kier alpha value is 0.137. The molecular formula is C16H36O2Si. The third kappa shape index (κ3) is 5.20. The van der Waals surface area contributed by atoms with E-state index in [0.29, 0.717) is 0 Å². The summed E-state index contributed by atoms with van der Waals surface area (Å²) in [5, 5.41) is -0.833. The molecule has 2 N–H and O–H groups in total. The van der Waals surface area contributed by atoms with Gasteiger partial charge in [0.25, 0.3) is 0 Å². The minimum absolute atomic E-state index is 0.102. The molecule has 0 saturated carbocycles. The van der Waals surface area contributed by atoms with Crippen molar-refractivity contribution in [3.63, 3.8) is 0 Å². The zero-order valence-corrected chi connectivity index (χ0v) is 15.8. The van der Waals surface area contributed by atoms with Crippen molar-refractivity contribution in [3.8, 4) is 0 Å². The second-order valence-corrected chi connectivity index (χ2v) is 14.0. The van der Waals surface area contributed by atoms with Crippen LogP contribution in [0.1, 0.15) is 82.1 Å². The Kier molecular flexibility index (Phi) is 5.19. The zero-order chi connectivity index (χ0) is 15.9. The van der Waals surface area contributed by atoms with Crippen molar-refractivity contribution in [2.45, 2.75) is 92.2 Å².